The van der Waals surface area contributed by atoms with Crippen LogP contribution in [0.4, 0.5) is 15.8 Å². The van der Waals surface area contributed by atoms with E-state index in [9.17, 15) is 9.18 Å². The van der Waals surface area contributed by atoms with Crippen molar-refractivity contribution in [2.75, 3.05) is 56.9 Å². The van der Waals surface area contributed by atoms with Gasteiger partial charge in [-0.15, -0.1) is 0 Å². The Morgan fingerprint density at radius 3 is 2.62 bits per heavy atom. The van der Waals surface area contributed by atoms with E-state index in [0.29, 0.717) is 17.9 Å². The molecule has 21 heavy (non-hydrogen) atoms. The predicted molar refractivity (Wildman–Crippen MR) is 79.4 cm³/mol. The SMILES string of the molecule is Nc1ccc(F)cc1NC(=O)CN1CCN(CCO)CC1. The molecule has 4 N–H and O–H groups in total. The molecule has 6 nitrogen and oxygen atoms in total. The third kappa shape index (κ3) is 4.66. The fraction of sp³-hybridized carbons (Fsp3) is 0.500. The Morgan fingerprint density at radius 1 is 1.29 bits per heavy atom. The van der Waals surface area contributed by atoms with Gasteiger partial charge in [-0.25, -0.2) is 4.39 Å². The standard InChI is InChI=1S/C14H21FN4O2/c15-11-1-2-12(16)13(9-11)17-14(21)10-19-5-3-18(4-6-19)7-8-20/h1-2,9,20H,3-8,10,16H2,(H,17,21). The summed E-state index contributed by atoms with van der Waals surface area (Å²) in [4.78, 5) is 16.1. The van der Waals surface area contributed by atoms with E-state index in [-0.39, 0.29) is 19.1 Å². The lowest BCUT2D eigenvalue weighted by atomic mass is 10.2. The molecule has 0 saturated carbocycles. The van der Waals surface area contributed by atoms with Gasteiger partial charge in [0.05, 0.1) is 24.5 Å². The lowest BCUT2D eigenvalue weighted by Crippen LogP contribution is -2.49. The number of β-amino-alcohol motifs (C(OH)–C–C–N with tert-alkyl or cyclic N) is 1. The summed E-state index contributed by atoms with van der Waals surface area (Å²) in [5, 5.41) is 11.5. The van der Waals surface area contributed by atoms with Gasteiger partial charge in [-0.2, -0.15) is 0 Å². The van der Waals surface area contributed by atoms with Crippen molar-refractivity contribution in [1.82, 2.24) is 9.80 Å². The number of nitrogen functional groups attached to an aromatic ring is 1. The zero-order valence-electron chi connectivity index (χ0n) is 11.9. The number of hydrogen-bond acceptors (Lipinski definition) is 5. The summed E-state index contributed by atoms with van der Waals surface area (Å²) in [6.07, 6.45) is 0. The highest BCUT2D eigenvalue weighted by Gasteiger charge is 2.18. The molecule has 2 rings (SSSR count). The van der Waals surface area contributed by atoms with Gasteiger partial charge in [0.15, 0.2) is 0 Å². The van der Waals surface area contributed by atoms with E-state index in [0.717, 1.165) is 26.2 Å². The highest BCUT2D eigenvalue weighted by Crippen LogP contribution is 2.19. The molecule has 116 valence electrons. The predicted octanol–water partition coefficient (Wildman–Crippen LogP) is -0.0437. The zero-order chi connectivity index (χ0) is 15.2. The first kappa shape index (κ1) is 15.7. The number of rotatable bonds is 5. The molecule has 0 aliphatic carbocycles. The van der Waals surface area contributed by atoms with Gasteiger partial charge >= 0.3 is 0 Å². The van der Waals surface area contributed by atoms with Gasteiger partial charge in [0, 0.05) is 32.7 Å². The van der Waals surface area contributed by atoms with Crippen molar-refractivity contribution in [3.8, 4) is 0 Å². The van der Waals surface area contributed by atoms with E-state index in [1.165, 1.54) is 18.2 Å². The molecule has 1 heterocycles. The third-order valence-electron chi connectivity index (χ3n) is 3.54. The first-order chi connectivity index (χ1) is 10.1. The summed E-state index contributed by atoms with van der Waals surface area (Å²) in [5.41, 5.74) is 6.35. The van der Waals surface area contributed by atoms with Crippen molar-refractivity contribution in [2.24, 2.45) is 0 Å². The summed E-state index contributed by atoms with van der Waals surface area (Å²) >= 11 is 0. The highest BCUT2D eigenvalue weighted by molar-refractivity contribution is 5.95. The third-order valence-corrected chi connectivity index (χ3v) is 3.54. The molecule has 1 saturated heterocycles. The number of anilines is 2. The van der Waals surface area contributed by atoms with E-state index in [2.05, 4.69) is 10.2 Å². The second kappa shape index (κ2) is 7.35. The number of benzene rings is 1. The number of aliphatic hydroxyl groups excluding tert-OH is 1. The van der Waals surface area contributed by atoms with Crippen LogP contribution in [0.25, 0.3) is 0 Å². The highest BCUT2D eigenvalue weighted by atomic mass is 19.1. The Bertz CT molecular complexity index is 490. The monoisotopic (exact) mass is 296 g/mol. The van der Waals surface area contributed by atoms with Crippen molar-refractivity contribution >= 4 is 17.3 Å². The van der Waals surface area contributed by atoms with E-state index < -0.39 is 5.82 Å². The Labute approximate surface area is 123 Å². The van der Waals surface area contributed by atoms with E-state index >= 15 is 0 Å². The van der Waals surface area contributed by atoms with Crippen LogP contribution in [0, 0.1) is 5.82 Å². The van der Waals surface area contributed by atoms with Crippen LogP contribution in [0.15, 0.2) is 18.2 Å². The van der Waals surface area contributed by atoms with Crippen LogP contribution in [0.2, 0.25) is 0 Å². The summed E-state index contributed by atoms with van der Waals surface area (Å²) in [6.45, 7) is 4.27. The van der Waals surface area contributed by atoms with Crippen molar-refractivity contribution < 1.29 is 14.3 Å². The van der Waals surface area contributed by atoms with Crippen LogP contribution >= 0.6 is 0 Å². The van der Waals surface area contributed by atoms with Crippen LogP contribution < -0.4 is 11.1 Å². The molecule has 1 fully saturated rings. The van der Waals surface area contributed by atoms with Gasteiger partial charge in [-0.3, -0.25) is 14.6 Å². The quantitative estimate of drug-likeness (QED) is 0.664. The van der Waals surface area contributed by atoms with Gasteiger partial charge in [0.1, 0.15) is 5.82 Å². The average molecular weight is 296 g/mol. The van der Waals surface area contributed by atoms with Gasteiger partial charge in [-0.05, 0) is 18.2 Å². The number of nitrogens with zero attached hydrogens (tertiary/aromatic N) is 2. The minimum atomic E-state index is -0.433. The maximum absolute atomic E-state index is 13.1. The largest absolute Gasteiger partial charge is 0.397 e. The molecular weight excluding hydrogens is 275 g/mol. The number of nitrogens with two attached hydrogens (primary N) is 1. The molecule has 0 spiro atoms. The zero-order valence-corrected chi connectivity index (χ0v) is 11.9. The van der Waals surface area contributed by atoms with Gasteiger partial charge in [0.2, 0.25) is 5.91 Å². The molecular formula is C14H21FN4O2. The van der Waals surface area contributed by atoms with Crippen molar-refractivity contribution in [3.05, 3.63) is 24.0 Å². The van der Waals surface area contributed by atoms with Crippen LogP contribution in [0.3, 0.4) is 0 Å². The number of carbonyl (C=O) groups is 1. The van der Waals surface area contributed by atoms with Crippen molar-refractivity contribution in [2.45, 2.75) is 0 Å². The molecule has 1 aromatic rings. The molecule has 0 atom stereocenters. The number of aliphatic hydroxyl groups is 1. The van der Waals surface area contributed by atoms with E-state index in [1.54, 1.807) is 0 Å². The van der Waals surface area contributed by atoms with E-state index in [1.807, 2.05) is 4.90 Å². The van der Waals surface area contributed by atoms with Crippen molar-refractivity contribution in [3.63, 3.8) is 0 Å². The Kier molecular flexibility index (Phi) is 5.49. The lowest BCUT2D eigenvalue weighted by Gasteiger charge is -2.33. The maximum Gasteiger partial charge on any atom is 0.238 e. The minimum absolute atomic E-state index is 0.152. The van der Waals surface area contributed by atoms with Crippen LogP contribution in [-0.2, 0) is 4.79 Å². The molecule has 0 bridgehead atoms. The molecule has 0 unspecified atom stereocenters. The van der Waals surface area contributed by atoms with Gasteiger partial charge in [-0.1, -0.05) is 0 Å². The fourth-order valence-electron chi connectivity index (χ4n) is 2.34. The second-order valence-electron chi connectivity index (χ2n) is 5.12. The number of nitrogens with one attached hydrogen (secondary N) is 1. The van der Waals surface area contributed by atoms with Gasteiger partial charge < -0.3 is 16.2 Å². The number of hydrogen-bond donors (Lipinski definition) is 3. The van der Waals surface area contributed by atoms with Crippen molar-refractivity contribution in [1.29, 1.82) is 0 Å². The number of piperazine rings is 1. The molecule has 1 amide bonds. The smallest absolute Gasteiger partial charge is 0.238 e. The molecule has 1 aliphatic heterocycles. The Hall–Kier alpha value is -1.70. The summed E-state index contributed by atoms with van der Waals surface area (Å²) in [5.74, 6) is -0.639. The first-order valence-electron chi connectivity index (χ1n) is 6.99. The normalized spacial score (nSPS) is 16.9. The maximum atomic E-state index is 13.1. The number of carbonyl (C=O) groups excluding carboxylic acids is 1. The Morgan fingerprint density at radius 2 is 1.95 bits per heavy atom. The topological polar surface area (TPSA) is 81.8 Å². The van der Waals surface area contributed by atoms with Crippen LogP contribution in [-0.4, -0.2) is 66.7 Å². The first-order valence-corrected chi connectivity index (χ1v) is 6.99. The number of amides is 1. The summed E-state index contributed by atoms with van der Waals surface area (Å²) in [7, 11) is 0. The Balaban J connectivity index is 1.81. The molecule has 0 radical (unpaired) electrons. The number of halogens is 1. The molecule has 1 aliphatic rings. The molecule has 0 aromatic heterocycles. The second-order valence-corrected chi connectivity index (χ2v) is 5.12. The average Bonchev–Trinajstić information content (AvgIpc) is 2.45. The van der Waals surface area contributed by atoms with Crippen LogP contribution in [0.1, 0.15) is 0 Å². The summed E-state index contributed by atoms with van der Waals surface area (Å²) < 4.78 is 13.1. The van der Waals surface area contributed by atoms with Gasteiger partial charge in [0.25, 0.3) is 0 Å². The minimum Gasteiger partial charge on any atom is -0.397 e. The van der Waals surface area contributed by atoms with E-state index in [4.69, 9.17) is 10.8 Å². The van der Waals surface area contributed by atoms with Crippen LogP contribution in [0.5, 0.6) is 0 Å². The lowest BCUT2D eigenvalue weighted by molar-refractivity contribution is -0.117. The summed E-state index contributed by atoms with van der Waals surface area (Å²) in [6, 6.07) is 3.90. The fourth-order valence-corrected chi connectivity index (χ4v) is 2.34. The molecule has 1 aromatic carbocycles. The molecule has 7 heteroatoms.